The second-order valence-corrected chi connectivity index (χ2v) is 6.13. The largest absolute Gasteiger partial charge is 0.377 e. The van der Waals surface area contributed by atoms with Gasteiger partial charge in [0.15, 0.2) is 0 Å². The Balaban J connectivity index is 2.81. The van der Waals surface area contributed by atoms with E-state index in [4.69, 9.17) is 4.74 Å². The molecule has 0 saturated carbocycles. The van der Waals surface area contributed by atoms with Gasteiger partial charge in [-0.25, -0.2) is 18.1 Å². The van der Waals surface area contributed by atoms with Crippen molar-refractivity contribution in [2.75, 3.05) is 25.0 Å². The molecular formula is C13H23N3O3S. The van der Waals surface area contributed by atoms with Crippen molar-refractivity contribution in [1.82, 2.24) is 9.71 Å². The number of ether oxygens (including phenoxy) is 1. The van der Waals surface area contributed by atoms with Gasteiger partial charge in [0.2, 0.25) is 10.0 Å². The molecule has 1 rings (SSSR count). The molecule has 0 aromatic carbocycles. The summed E-state index contributed by atoms with van der Waals surface area (Å²) in [5.74, 6) is 0.380. The van der Waals surface area contributed by atoms with Crippen molar-refractivity contribution in [3.8, 4) is 0 Å². The molecule has 6 nitrogen and oxygen atoms in total. The molecule has 0 bridgehead atoms. The van der Waals surface area contributed by atoms with Gasteiger partial charge in [-0.3, -0.25) is 0 Å². The number of anilines is 1. The first-order valence-corrected chi connectivity index (χ1v) is 8.29. The summed E-state index contributed by atoms with van der Waals surface area (Å²) in [5, 5.41) is 3.02. The maximum Gasteiger partial charge on any atom is 0.244 e. The molecule has 20 heavy (non-hydrogen) atoms. The summed E-state index contributed by atoms with van der Waals surface area (Å²) in [6, 6.07) is 3.15. The van der Waals surface area contributed by atoms with Gasteiger partial charge in [-0.2, -0.15) is 0 Å². The molecule has 1 heterocycles. The van der Waals surface area contributed by atoms with E-state index in [1.165, 1.54) is 0 Å². The van der Waals surface area contributed by atoms with Gasteiger partial charge in [0.1, 0.15) is 10.7 Å². The summed E-state index contributed by atoms with van der Waals surface area (Å²) in [7, 11) is -3.59. The molecule has 1 aromatic heterocycles. The molecule has 1 unspecified atom stereocenters. The molecule has 0 fully saturated rings. The molecular weight excluding hydrogens is 278 g/mol. The molecule has 1 atom stereocenters. The average molecular weight is 301 g/mol. The number of hydrogen-bond donors (Lipinski definition) is 2. The van der Waals surface area contributed by atoms with Crippen LogP contribution in [0, 0.1) is 0 Å². The van der Waals surface area contributed by atoms with E-state index in [1.54, 1.807) is 18.3 Å². The van der Waals surface area contributed by atoms with Crippen molar-refractivity contribution in [3.63, 3.8) is 0 Å². The monoisotopic (exact) mass is 301 g/mol. The maximum atomic E-state index is 12.3. The Bertz CT molecular complexity index is 505. The lowest BCUT2D eigenvalue weighted by molar-refractivity contribution is 0.0799. The van der Waals surface area contributed by atoms with Crippen molar-refractivity contribution < 1.29 is 13.2 Å². The molecule has 7 heteroatoms. The molecule has 0 amide bonds. The van der Waals surface area contributed by atoms with E-state index < -0.39 is 10.0 Å². The molecule has 0 radical (unpaired) electrons. The number of aromatic nitrogens is 1. The molecule has 0 saturated heterocycles. The zero-order valence-electron chi connectivity index (χ0n) is 12.2. The SMILES string of the molecule is CCCNc1ncccc1S(=O)(=O)NCC(C)OCC. The lowest BCUT2D eigenvalue weighted by atomic mass is 10.4. The second-order valence-electron chi connectivity index (χ2n) is 4.39. The number of hydrogen-bond acceptors (Lipinski definition) is 5. The number of pyridine rings is 1. The highest BCUT2D eigenvalue weighted by Crippen LogP contribution is 2.17. The quantitative estimate of drug-likeness (QED) is 0.724. The first-order valence-electron chi connectivity index (χ1n) is 6.81. The van der Waals surface area contributed by atoms with Gasteiger partial charge < -0.3 is 10.1 Å². The van der Waals surface area contributed by atoms with Gasteiger partial charge in [-0.1, -0.05) is 6.92 Å². The Morgan fingerprint density at radius 2 is 2.15 bits per heavy atom. The normalized spacial score (nSPS) is 13.2. The molecule has 0 aliphatic carbocycles. The predicted octanol–water partition coefficient (Wildman–Crippen LogP) is 1.61. The van der Waals surface area contributed by atoms with Crippen LogP contribution in [0.1, 0.15) is 27.2 Å². The molecule has 1 aromatic rings. The van der Waals surface area contributed by atoms with Crippen LogP contribution in [0.3, 0.4) is 0 Å². The minimum absolute atomic E-state index is 0.164. The van der Waals surface area contributed by atoms with Gasteiger partial charge in [0.05, 0.1) is 6.10 Å². The van der Waals surface area contributed by atoms with Gasteiger partial charge >= 0.3 is 0 Å². The number of rotatable bonds is 9. The van der Waals surface area contributed by atoms with Crippen LogP contribution >= 0.6 is 0 Å². The van der Waals surface area contributed by atoms with Crippen LogP contribution in [-0.2, 0) is 14.8 Å². The predicted molar refractivity (Wildman–Crippen MR) is 79.3 cm³/mol. The van der Waals surface area contributed by atoms with E-state index in [0.29, 0.717) is 19.0 Å². The minimum atomic E-state index is -3.59. The number of nitrogens with one attached hydrogen (secondary N) is 2. The van der Waals surface area contributed by atoms with E-state index in [-0.39, 0.29) is 17.5 Å². The maximum absolute atomic E-state index is 12.3. The molecule has 0 spiro atoms. The standard InChI is InChI=1S/C13H23N3O3S/c1-4-8-14-13-12(7-6-9-15-13)20(17,18)16-10-11(3)19-5-2/h6-7,9,11,16H,4-5,8,10H2,1-3H3,(H,14,15). The van der Waals surface area contributed by atoms with Crippen molar-refractivity contribution in [1.29, 1.82) is 0 Å². The van der Waals surface area contributed by atoms with Crippen molar-refractivity contribution >= 4 is 15.8 Å². The number of sulfonamides is 1. The fraction of sp³-hybridized carbons (Fsp3) is 0.615. The van der Waals surface area contributed by atoms with Crippen LogP contribution in [0.5, 0.6) is 0 Å². The van der Waals surface area contributed by atoms with Crippen LogP contribution in [0.4, 0.5) is 5.82 Å². The minimum Gasteiger partial charge on any atom is -0.377 e. The molecule has 2 N–H and O–H groups in total. The van der Waals surface area contributed by atoms with Crippen LogP contribution in [0.2, 0.25) is 0 Å². The highest BCUT2D eigenvalue weighted by molar-refractivity contribution is 7.89. The van der Waals surface area contributed by atoms with Crippen LogP contribution in [-0.4, -0.2) is 39.2 Å². The summed E-state index contributed by atoms with van der Waals surface area (Å²) in [6.45, 7) is 7.17. The molecule has 0 aliphatic rings. The fourth-order valence-corrected chi connectivity index (χ4v) is 2.88. The van der Waals surface area contributed by atoms with Crippen LogP contribution in [0.25, 0.3) is 0 Å². The van der Waals surface area contributed by atoms with E-state index in [0.717, 1.165) is 6.42 Å². The van der Waals surface area contributed by atoms with E-state index in [2.05, 4.69) is 15.0 Å². The smallest absolute Gasteiger partial charge is 0.244 e. The third-order valence-electron chi connectivity index (χ3n) is 2.61. The number of nitrogens with zero attached hydrogens (tertiary/aromatic N) is 1. The Kier molecular flexibility index (Phi) is 6.90. The highest BCUT2D eigenvalue weighted by Gasteiger charge is 2.19. The lowest BCUT2D eigenvalue weighted by Gasteiger charge is -2.15. The van der Waals surface area contributed by atoms with E-state index >= 15 is 0 Å². The zero-order chi connectivity index (χ0) is 15.0. The summed E-state index contributed by atoms with van der Waals surface area (Å²) in [4.78, 5) is 4.25. The Labute approximate surface area is 121 Å². The molecule has 114 valence electrons. The van der Waals surface area contributed by atoms with Crippen LogP contribution < -0.4 is 10.0 Å². The van der Waals surface area contributed by atoms with Gasteiger partial charge in [0.25, 0.3) is 0 Å². The first-order chi connectivity index (χ1) is 9.51. The Morgan fingerprint density at radius 3 is 2.80 bits per heavy atom. The Morgan fingerprint density at radius 1 is 1.40 bits per heavy atom. The van der Waals surface area contributed by atoms with Crippen LogP contribution in [0.15, 0.2) is 23.2 Å². The van der Waals surface area contributed by atoms with Crippen molar-refractivity contribution in [2.24, 2.45) is 0 Å². The summed E-state index contributed by atoms with van der Waals surface area (Å²) >= 11 is 0. The van der Waals surface area contributed by atoms with Gasteiger partial charge in [-0.05, 0) is 32.4 Å². The molecule has 0 aliphatic heterocycles. The van der Waals surface area contributed by atoms with E-state index in [9.17, 15) is 8.42 Å². The topological polar surface area (TPSA) is 80.3 Å². The lowest BCUT2D eigenvalue weighted by Crippen LogP contribution is -2.32. The summed E-state index contributed by atoms with van der Waals surface area (Å²) < 4.78 is 32.4. The summed E-state index contributed by atoms with van der Waals surface area (Å²) in [6.07, 6.45) is 2.29. The zero-order valence-corrected chi connectivity index (χ0v) is 13.0. The highest BCUT2D eigenvalue weighted by atomic mass is 32.2. The second kappa shape index (κ2) is 8.18. The third kappa shape index (κ3) is 5.07. The fourth-order valence-electron chi connectivity index (χ4n) is 1.63. The first kappa shape index (κ1) is 16.9. The van der Waals surface area contributed by atoms with E-state index in [1.807, 2.05) is 20.8 Å². The van der Waals surface area contributed by atoms with Gasteiger partial charge in [-0.15, -0.1) is 0 Å². The van der Waals surface area contributed by atoms with Crippen molar-refractivity contribution in [2.45, 2.75) is 38.2 Å². The summed E-state index contributed by atoms with van der Waals surface area (Å²) in [5.41, 5.74) is 0. The third-order valence-corrected chi connectivity index (χ3v) is 4.07. The average Bonchev–Trinajstić information content (AvgIpc) is 2.44. The van der Waals surface area contributed by atoms with Crippen molar-refractivity contribution in [3.05, 3.63) is 18.3 Å². The van der Waals surface area contributed by atoms with Gasteiger partial charge in [0, 0.05) is 25.9 Å². The Hall–Kier alpha value is -1.18.